The molecule has 0 saturated heterocycles. The first-order chi connectivity index (χ1) is 11.3. The lowest BCUT2D eigenvalue weighted by atomic mass is 9.32. The van der Waals surface area contributed by atoms with Crippen molar-refractivity contribution in [1.29, 1.82) is 0 Å². The van der Waals surface area contributed by atoms with Crippen LogP contribution in [0.4, 0.5) is 0 Å². The van der Waals surface area contributed by atoms with Crippen molar-refractivity contribution in [2.24, 2.45) is 19.5 Å². The second-order valence-corrected chi connectivity index (χ2v) is 7.63. The van der Waals surface area contributed by atoms with Gasteiger partial charge in [-0.3, -0.25) is 14.2 Å². The number of rotatable bonds is 3. The normalized spacial score (nSPS) is 27.3. The minimum atomic E-state index is -0.342. The summed E-state index contributed by atoms with van der Waals surface area (Å²) in [5, 5.41) is 0.607. The minimum Gasteiger partial charge on any atom is -0.300 e. The number of benzene rings is 1. The largest absolute Gasteiger partial charge is 0.330 e. The zero-order valence-corrected chi connectivity index (χ0v) is 14.3. The molecule has 5 rings (SSSR count). The van der Waals surface area contributed by atoms with Crippen LogP contribution in [0, 0.1) is 5.41 Å². The monoisotopic (exact) mass is 344 g/mol. The molecule has 1 aromatic carbocycles. The van der Waals surface area contributed by atoms with E-state index in [1.165, 1.54) is 17.7 Å². The van der Waals surface area contributed by atoms with Crippen LogP contribution in [-0.2, 0) is 19.5 Å². The summed E-state index contributed by atoms with van der Waals surface area (Å²) in [7, 11) is 3.16. The van der Waals surface area contributed by atoms with Crippen LogP contribution in [0.25, 0.3) is 0 Å². The van der Waals surface area contributed by atoms with E-state index in [2.05, 4.69) is 0 Å². The highest BCUT2D eigenvalue weighted by atomic mass is 35.5. The van der Waals surface area contributed by atoms with Gasteiger partial charge in [-0.1, -0.05) is 11.6 Å². The maximum atomic E-state index is 12.8. The van der Waals surface area contributed by atoms with E-state index in [9.17, 15) is 14.4 Å². The van der Waals surface area contributed by atoms with E-state index in [1.54, 1.807) is 31.3 Å². The van der Waals surface area contributed by atoms with Gasteiger partial charge in [0.25, 0.3) is 5.56 Å². The predicted octanol–water partition coefficient (Wildman–Crippen LogP) is 2.04. The lowest BCUT2D eigenvalue weighted by Crippen LogP contribution is -2.69. The van der Waals surface area contributed by atoms with Crippen LogP contribution in [0.3, 0.4) is 0 Å². The van der Waals surface area contributed by atoms with E-state index in [0.717, 1.165) is 10.3 Å². The van der Waals surface area contributed by atoms with Crippen LogP contribution in [0.1, 0.15) is 35.3 Å². The van der Waals surface area contributed by atoms with Gasteiger partial charge in [-0.25, -0.2) is 4.79 Å². The van der Waals surface area contributed by atoms with Gasteiger partial charge >= 0.3 is 5.69 Å². The number of halogens is 1. The smallest absolute Gasteiger partial charge is 0.300 e. The van der Waals surface area contributed by atoms with Crippen molar-refractivity contribution < 1.29 is 4.79 Å². The maximum absolute atomic E-state index is 12.8. The van der Waals surface area contributed by atoms with Crippen molar-refractivity contribution >= 4 is 17.4 Å². The van der Waals surface area contributed by atoms with Gasteiger partial charge in [-0.15, -0.1) is 0 Å². The molecule has 124 valence electrons. The Hall–Kier alpha value is -2.14. The summed E-state index contributed by atoms with van der Waals surface area (Å²) in [6.45, 7) is 0. The molecule has 3 aliphatic carbocycles. The van der Waals surface area contributed by atoms with E-state index in [1.807, 2.05) is 0 Å². The molecule has 24 heavy (non-hydrogen) atoms. The van der Waals surface area contributed by atoms with Crippen molar-refractivity contribution in [3.63, 3.8) is 0 Å². The summed E-state index contributed by atoms with van der Waals surface area (Å²) >= 11 is 5.88. The number of hydrogen-bond acceptors (Lipinski definition) is 3. The zero-order valence-electron chi connectivity index (χ0n) is 13.5. The van der Waals surface area contributed by atoms with Crippen LogP contribution in [0.15, 0.2) is 39.9 Å². The Kier molecular flexibility index (Phi) is 3.01. The number of aromatic nitrogens is 2. The highest BCUT2D eigenvalue weighted by molar-refractivity contribution is 6.30. The average molecular weight is 345 g/mol. The molecule has 2 aromatic rings. The fraction of sp³-hybridized carbons (Fsp3) is 0.389. The van der Waals surface area contributed by atoms with Crippen LogP contribution >= 0.6 is 11.6 Å². The molecule has 6 heteroatoms. The first kappa shape index (κ1) is 15.4. The Morgan fingerprint density at radius 1 is 1.04 bits per heavy atom. The van der Waals surface area contributed by atoms with Crippen molar-refractivity contribution in [2.75, 3.05) is 0 Å². The second kappa shape index (κ2) is 4.70. The van der Waals surface area contributed by atoms with Gasteiger partial charge in [-0.2, -0.15) is 0 Å². The molecule has 3 fully saturated rings. The number of Topliss-reactive ketones (excluding diaryl/α,β-unsaturated/α-hetero) is 1. The van der Waals surface area contributed by atoms with Gasteiger partial charge in [0.05, 0.1) is 0 Å². The number of carbonyl (C=O) groups is 1. The van der Waals surface area contributed by atoms with Crippen LogP contribution < -0.4 is 11.2 Å². The summed E-state index contributed by atoms with van der Waals surface area (Å²) in [5.74, 6) is 0.134. The van der Waals surface area contributed by atoms with Gasteiger partial charge in [0.2, 0.25) is 0 Å². The predicted molar refractivity (Wildman–Crippen MR) is 90.7 cm³/mol. The molecule has 3 aliphatic rings. The molecule has 2 bridgehead atoms. The molecule has 0 spiro atoms. The van der Waals surface area contributed by atoms with Crippen LogP contribution in [0.2, 0.25) is 5.02 Å². The highest BCUT2D eigenvalue weighted by Crippen LogP contribution is 2.74. The van der Waals surface area contributed by atoms with E-state index in [-0.39, 0.29) is 27.9 Å². The quantitative estimate of drug-likeness (QED) is 0.800. The van der Waals surface area contributed by atoms with Crippen molar-refractivity contribution in [3.8, 4) is 0 Å². The van der Waals surface area contributed by atoms with Gasteiger partial charge in [0.1, 0.15) is 0 Å². The van der Waals surface area contributed by atoms with E-state index in [4.69, 9.17) is 11.6 Å². The van der Waals surface area contributed by atoms with E-state index < -0.39 is 0 Å². The average Bonchev–Trinajstić information content (AvgIpc) is 2.48. The number of nitrogens with zero attached hydrogens (tertiary/aromatic N) is 2. The standard InChI is InChI=1S/C18H17ClN2O3/c1-20-13(7-14(22)21(2)16(20)24)17-8-18(9-17,10-17)15(23)11-3-5-12(19)6-4-11/h3-7H,8-10H2,1-2H3. The molecule has 5 nitrogen and oxygen atoms in total. The molecular formula is C18H17ClN2O3. The molecule has 1 heterocycles. The fourth-order valence-electron chi connectivity index (χ4n) is 4.45. The van der Waals surface area contributed by atoms with Gasteiger partial charge < -0.3 is 4.57 Å². The van der Waals surface area contributed by atoms with E-state index >= 15 is 0 Å². The van der Waals surface area contributed by atoms with Crippen molar-refractivity contribution in [1.82, 2.24) is 9.13 Å². The van der Waals surface area contributed by atoms with Crippen LogP contribution in [-0.4, -0.2) is 14.9 Å². The Morgan fingerprint density at radius 2 is 1.62 bits per heavy atom. The van der Waals surface area contributed by atoms with Crippen LogP contribution in [0.5, 0.6) is 0 Å². The lowest BCUT2D eigenvalue weighted by Gasteiger charge is -2.69. The molecule has 0 amide bonds. The molecular weight excluding hydrogens is 328 g/mol. The van der Waals surface area contributed by atoms with Crippen molar-refractivity contribution in [2.45, 2.75) is 24.7 Å². The first-order valence-electron chi connectivity index (χ1n) is 7.86. The third-order valence-electron chi connectivity index (χ3n) is 5.69. The van der Waals surface area contributed by atoms with Gasteiger partial charge in [0.15, 0.2) is 5.78 Å². The molecule has 1 aromatic heterocycles. The Balaban J connectivity index is 1.63. The SMILES string of the molecule is Cn1c(C23CC(C(=O)c4ccc(Cl)cc4)(C2)C3)cc(=O)n(C)c1=O. The third-order valence-corrected chi connectivity index (χ3v) is 5.94. The van der Waals surface area contributed by atoms with Gasteiger partial charge in [-0.05, 0) is 43.5 Å². The summed E-state index contributed by atoms with van der Waals surface area (Å²) in [6.07, 6.45) is 2.09. The molecule has 0 N–H and O–H groups in total. The third kappa shape index (κ3) is 1.85. The molecule has 0 unspecified atom stereocenters. The number of carbonyl (C=O) groups excluding carboxylic acids is 1. The number of hydrogen-bond donors (Lipinski definition) is 0. The molecule has 0 aliphatic heterocycles. The minimum absolute atomic E-state index is 0.134. The van der Waals surface area contributed by atoms with Gasteiger partial charge in [0, 0.05) is 47.3 Å². The summed E-state index contributed by atoms with van der Waals surface area (Å²) in [5.41, 5.74) is 0.261. The molecule has 3 saturated carbocycles. The Labute approximate surface area is 143 Å². The summed E-state index contributed by atoms with van der Waals surface area (Å²) in [4.78, 5) is 36.8. The topological polar surface area (TPSA) is 61.1 Å². The first-order valence-corrected chi connectivity index (χ1v) is 8.24. The highest BCUT2D eigenvalue weighted by Gasteiger charge is 2.72. The Morgan fingerprint density at radius 3 is 2.21 bits per heavy atom. The number of ketones is 1. The van der Waals surface area contributed by atoms with Crippen molar-refractivity contribution in [3.05, 3.63) is 67.4 Å². The lowest BCUT2D eigenvalue weighted by molar-refractivity contribution is -0.109. The molecule has 0 radical (unpaired) electrons. The molecule has 0 atom stereocenters. The summed E-state index contributed by atoms with van der Waals surface area (Å²) in [6, 6.07) is 8.50. The summed E-state index contributed by atoms with van der Waals surface area (Å²) < 4.78 is 2.64. The van der Waals surface area contributed by atoms with E-state index in [0.29, 0.717) is 29.8 Å². The zero-order chi connectivity index (χ0) is 17.3. The maximum Gasteiger partial charge on any atom is 0.330 e. The second-order valence-electron chi connectivity index (χ2n) is 7.20. The Bertz CT molecular complexity index is 965. The fourth-order valence-corrected chi connectivity index (χ4v) is 4.58.